The van der Waals surface area contributed by atoms with Crippen LogP contribution in [-0.2, 0) is 0 Å². The van der Waals surface area contributed by atoms with E-state index >= 15 is 0 Å². The minimum Gasteiger partial charge on any atom is -0.338 e. The van der Waals surface area contributed by atoms with Gasteiger partial charge in [-0.3, -0.25) is 4.79 Å². The van der Waals surface area contributed by atoms with Gasteiger partial charge in [-0.25, -0.2) is 4.79 Å². The number of amides is 3. The Morgan fingerprint density at radius 1 is 1.19 bits per heavy atom. The van der Waals surface area contributed by atoms with Crippen molar-refractivity contribution in [2.45, 2.75) is 13.8 Å². The van der Waals surface area contributed by atoms with Crippen molar-refractivity contribution in [3.63, 3.8) is 0 Å². The van der Waals surface area contributed by atoms with Crippen molar-refractivity contribution in [1.29, 1.82) is 0 Å². The molecule has 0 spiro atoms. The second-order valence-corrected chi connectivity index (χ2v) is 5.93. The first-order valence-corrected chi connectivity index (χ1v) is 7.90. The first-order chi connectivity index (χ1) is 10.0. The van der Waals surface area contributed by atoms with E-state index in [2.05, 4.69) is 21.2 Å². The van der Waals surface area contributed by atoms with Gasteiger partial charge in [-0.15, -0.1) is 0 Å². The number of nitrogens with zero attached hydrogens (tertiary/aromatic N) is 2. The Hall–Kier alpha value is -1.56. The van der Waals surface area contributed by atoms with E-state index in [0.29, 0.717) is 38.3 Å². The molecule has 1 heterocycles. The molecule has 1 fully saturated rings. The van der Waals surface area contributed by atoms with Gasteiger partial charge in [0.2, 0.25) is 0 Å². The van der Waals surface area contributed by atoms with Crippen LogP contribution < -0.4 is 5.32 Å². The number of rotatable bonds is 2. The van der Waals surface area contributed by atoms with Crippen LogP contribution in [0.1, 0.15) is 22.8 Å². The molecule has 1 aliphatic rings. The number of nitrogens with one attached hydrogen (secondary N) is 1. The third-order valence-corrected chi connectivity index (χ3v) is 4.48. The zero-order chi connectivity index (χ0) is 15.4. The Labute approximate surface area is 133 Å². The number of benzene rings is 1. The Bertz CT molecular complexity index is 540. The highest BCUT2D eigenvalue weighted by Crippen LogP contribution is 2.18. The molecule has 2 rings (SSSR count). The van der Waals surface area contributed by atoms with Gasteiger partial charge in [0, 0.05) is 42.8 Å². The van der Waals surface area contributed by atoms with Crippen LogP contribution in [-0.4, -0.2) is 54.5 Å². The minimum absolute atomic E-state index is 0.0288. The fourth-order valence-electron chi connectivity index (χ4n) is 2.34. The molecule has 0 saturated carbocycles. The molecule has 1 aromatic carbocycles. The number of carbonyl (C=O) groups is 2. The molecular formula is C15H20BrN3O2. The molecule has 114 valence electrons. The normalized spacial score (nSPS) is 15.0. The fourth-order valence-corrected chi connectivity index (χ4v) is 2.58. The topological polar surface area (TPSA) is 52.7 Å². The van der Waals surface area contributed by atoms with Gasteiger partial charge in [0.05, 0.1) is 0 Å². The van der Waals surface area contributed by atoms with Crippen LogP contribution in [0.5, 0.6) is 0 Å². The van der Waals surface area contributed by atoms with E-state index in [1.807, 2.05) is 32.0 Å². The van der Waals surface area contributed by atoms with Gasteiger partial charge >= 0.3 is 6.03 Å². The largest absolute Gasteiger partial charge is 0.338 e. The van der Waals surface area contributed by atoms with Crippen molar-refractivity contribution in [3.05, 3.63) is 33.8 Å². The molecule has 0 aliphatic carbocycles. The number of piperazine rings is 1. The van der Waals surface area contributed by atoms with E-state index in [0.717, 1.165) is 10.0 Å². The third kappa shape index (κ3) is 3.75. The van der Waals surface area contributed by atoms with Gasteiger partial charge in [-0.05, 0) is 37.6 Å². The van der Waals surface area contributed by atoms with Gasteiger partial charge < -0.3 is 15.1 Å². The van der Waals surface area contributed by atoms with Crippen molar-refractivity contribution in [2.24, 2.45) is 0 Å². The SMILES string of the molecule is CCNC(=O)N1CCN(C(=O)c2ccc(Br)c(C)c2)CC1. The van der Waals surface area contributed by atoms with Gasteiger partial charge in [0.15, 0.2) is 0 Å². The third-order valence-electron chi connectivity index (χ3n) is 3.59. The maximum absolute atomic E-state index is 12.5. The van der Waals surface area contributed by atoms with Crippen LogP contribution in [0.2, 0.25) is 0 Å². The van der Waals surface area contributed by atoms with E-state index in [1.165, 1.54) is 0 Å². The molecule has 1 N–H and O–H groups in total. The Kier molecular flexibility index (Phi) is 5.22. The van der Waals surface area contributed by atoms with Crippen LogP contribution in [0.25, 0.3) is 0 Å². The lowest BCUT2D eigenvalue weighted by atomic mass is 10.1. The molecule has 0 radical (unpaired) electrons. The Morgan fingerprint density at radius 3 is 2.38 bits per heavy atom. The molecule has 6 heteroatoms. The smallest absolute Gasteiger partial charge is 0.317 e. The molecule has 1 saturated heterocycles. The molecule has 0 aromatic heterocycles. The maximum atomic E-state index is 12.5. The summed E-state index contributed by atoms with van der Waals surface area (Å²) in [5.74, 6) is 0.0288. The first kappa shape index (κ1) is 15.8. The highest BCUT2D eigenvalue weighted by Gasteiger charge is 2.24. The molecule has 1 aromatic rings. The van der Waals surface area contributed by atoms with Gasteiger partial charge in [-0.2, -0.15) is 0 Å². The quantitative estimate of drug-likeness (QED) is 0.886. The van der Waals surface area contributed by atoms with E-state index in [-0.39, 0.29) is 11.9 Å². The monoisotopic (exact) mass is 353 g/mol. The van der Waals surface area contributed by atoms with E-state index < -0.39 is 0 Å². The summed E-state index contributed by atoms with van der Waals surface area (Å²) in [5, 5.41) is 2.78. The lowest BCUT2D eigenvalue weighted by Crippen LogP contribution is -2.53. The average molecular weight is 354 g/mol. The summed E-state index contributed by atoms with van der Waals surface area (Å²) in [6, 6.07) is 5.56. The summed E-state index contributed by atoms with van der Waals surface area (Å²) in [6.07, 6.45) is 0. The molecule has 0 bridgehead atoms. The molecule has 3 amide bonds. The average Bonchev–Trinajstić information content (AvgIpc) is 2.50. The standard InChI is InChI=1S/C15H20BrN3O2/c1-3-17-15(21)19-8-6-18(7-9-19)14(20)12-4-5-13(16)11(2)10-12/h4-5,10H,3,6-9H2,1-2H3,(H,17,21). The fraction of sp³-hybridized carbons (Fsp3) is 0.467. The van der Waals surface area contributed by atoms with Crippen LogP contribution >= 0.6 is 15.9 Å². The Morgan fingerprint density at radius 2 is 1.81 bits per heavy atom. The van der Waals surface area contributed by atoms with Crippen molar-refractivity contribution in [2.75, 3.05) is 32.7 Å². The van der Waals surface area contributed by atoms with Gasteiger partial charge in [0.1, 0.15) is 0 Å². The summed E-state index contributed by atoms with van der Waals surface area (Å²) < 4.78 is 1.00. The predicted octanol–water partition coefficient (Wildman–Crippen LogP) is 2.24. The van der Waals surface area contributed by atoms with E-state index in [4.69, 9.17) is 0 Å². The summed E-state index contributed by atoms with van der Waals surface area (Å²) >= 11 is 3.44. The van der Waals surface area contributed by atoms with E-state index in [1.54, 1.807) is 9.80 Å². The van der Waals surface area contributed by atoms with Crippen molar-refractivity contribution >= 4 is 27.9 Å². The highest BCUT2D eigenvalue weighted by molar-refractivity contribution is 9.10. The van der Waals surface area contributed by atoms with Crippen LogP contribution in [0.15, 0.2) is 22.7 Å². The number of halogens is 1. The second kappa shape index (κ2) is 6.93. The van der Waals surface area contributed by atoms with Crippen molar-refractivity contribution in [1.82, 2.24) is 15.1 Å². The zero-order valence-corrected chi connectivity index (χ0v) is 13.9. The summed E-state index contributed by atoms with van der Waals surface area (Å²) in [6.45, 7) is 6.79. The predicted molar refractivity (Wildman–Crippen MR) is 85.4 cm³/mol. The Balaban J connectivity index is 1.97. The van der Waals surface area contributed by atoms with Crippen molar-refractivity contribution in [3.8, 4) is 0 Å². The maximum Gasteiger partial charge on any atom is 0.317 e. The van der Waals surface area contributed by atoms with Crippen LogP contribution in [0.3, 0.4) is 0 Å². The molecule has 0 unspecified atom stereocenters. The van der Waals surface area contributed by atoms with E-state index in [9.17, 15) is 9.59 Å². The molecule has 1 aliphatic heterocycles. The lowest BCUT2D eigenvalue weighted by Gasteiger charge is -2.34. The molecule has 21 heavy (non-hydrogen) atoms. The number of aryl methyl sites for hydroxylation is 1. The molecule has 0 atom stereocenters. The number of carbonyl (C=O) groups excluding carboxylic acids is 2. The van der Waals surface area contributed by atoms with Gasteiger partial charge in [-0.1, -0.05) is 15.9 Å². The van der Waals surface area contributed by atoms with Gasteiger partial charge in [0.25, 0.3) is 5.91 Å². The van der Waals surface area contributed by atoms with Crippen molar-refractivity contribution < 1.29 is 9.59 Å². The zero-order valence-electron chi connectivity index (χ0n) is 12.4. The minimum atomic E-state index is -0.0518. The first-order valence-electron chi connectivity index (χ1n) is 7.11. The van der Waals surface area contributed by atoms with Crippen LogP contribution in [0, 0.1) is 6.92 Å². The number of hydrogen-bond acceptors (Lipinski definition) is 2. The second-order valence-electron chi connectivity index (χ2n) is 5.08. The summed E-state index contributed by atoms with van der Waals surface area (Å²) in [4.78, 5) is 27.7. The number of hydrogen-bond donors (Lipinski definition) is 1. The lowest BCUT2D eigenvalue weighted by molar-refractivity contribution is 0.0665. The van der Waals surface area contributed by atoms with Crippen LogP contribution in [0.4, 0.5) is 4.79 Å². The summed E-state index contributed by atoms with van der Waals surface area (Å²) in [5.41, 5.74) is 1.74. The highest BCUT2D eigenvalue weighted by atomic mass is 79.9. The molecular weight excluding hydrogens is 334 g/mol. The summed E-state index contributed by atoms with van der Waals surface area (Å²) in [7, 11) is 0. The molecule has 5 nitrogen and oxygen atoms in total. The number of urea groups is 1.